The Hall–Kier alpha value is -6.91. The van der Waals surface area contributed by atoms with Crippen LogP contribution in [0.3, 0.4) is 0 Å². The Balaban J connectivity index is 0.964. The van der Waals surface area contributed by atoms with Crippen LogP contribution >= 0.6 is 45.3 Å². The van der Waals surface area contributed by atoms with Crippen molar-refractivity contribution in [1.82, 2.24) is 4.57 Å². The molecule has 63 heavy (non-hydrogen) atoms. The number of halogens is 4. The van der Waals surface area contributed by atoms with Crippen molar-refractivity contribution in [2.75, 3.05) is 0 Å². The van der Waals surface area contributed by atoms with Crippen LogP contribution in [0.15, 0.2) is 102 Å². The monoisotopic (exact) mass is 909 g/mol. The van der Waals surface area contributed by atoms with Crippen molar-refractivity contribution in [3.05, 3.63) is 163 Å². The first-order chi connectivity index (χ1) is 30.4. The second-order valence-corrected chi connectivity index (χ2v) is 19.3. The van der Waals surface area contributed by atoms with E-state index in [1.54, 1.807) is 0 Å². The third-order valence-corrected chi connectivity index (χ3v) is 16.2. The Labute approximate surface area is 366 Å². The number of thiophene rings is 4. The van der Waals surface area contributed by atoms with Crippen LogP contribution < -0.4 is 0 Å². The molecule has 7 nitrogen and oxygen atoms in total. The predicted octanol–water partition coefficient (Wildman–Crippen LogP) is 13.3. The van der Waals surface area contributed by atoms with Gasteiger partial charge in [0.1, 0.15) is 6.61 Å². The molecular formula is C48H19F4NO6S4. The highest BCUT2D eigenvalue weighted by Crippen LogP contribution is 2.51. The maximum absolute atomic E-state index is 14.3. The average molecular weight is 910 g/mol. The number of aromatic nitrogens is 1. The molecule has 0 unspecified atom stereocenters. The lowest BCUT2D eigenvalue weighted by atomic mass is 10.0. The summed E-state index contributed by atoms with van der Waals surface area (Å²) in [5.41, 5.74) is 2.16. The number of ketones is 4. The van der Waals surface area contributed by atoms with E-state index in [2.05, 4.69) is 0 Å². The van der Waals surface area contributed by atoms with Gasteiger partial charge in [-0.3, -0.25) is 19.2 Å². The van der Waals surface area contributed by atoms with E-state index in [0.717, 1.165) is 48.6 Å². The number of carbonyl (C=O) groups is 5. The normalized spacial score (nSPS) is 13.9. The summed E-state index contributed by atoms with van der Waals surface area (Å²) in [4.78, 5) is 69.9. The number of rotatable bonds is 4. The first-order valence-electron chi connectivity index (χ1n) is 19.0. The number of Topliss-reactive ketones (excluding diaryl/α,β-unsaturated/α-hetero) is 4. The van der Waals surface area contributed by atoms with E-state index in [0.29, 0.717) is 30.2 Å². The van der Waals surface area contributed by atoms with Crippen LogP contribution in [-0.2, 0) is 11.3 Å². The summed E-state index contributed by atoms with van der Waals surface area (Å²) < 4.78 is 68.3. The van der Waals surface area contributed by atoms with Gasteiger partial charge in [-0.05, 0) is 99.9 Å². The smallest absolute Gasteiger partial charge is 0.419 e. The molecule has 0 fully saturated rings. The minimum Gasteiger partial charge on any atom is -0.444 e. The number of hydrogen-bond acceptors (Lipinski definition) is 10. The molecule has 0 bridgehead atoms. The molecular weight excluding hydrogens is 891 g/mol. The predicted molar refractivity (Wildman–Crippen MR) is 239 cm³/mol. The number of fused-ring (bicyclic) bond motifs is 11. The lowest BCUT2D eigenvalue weighted by Gasteiger charge is -2.07. The molecule has 0 amide bonds. The molecule has 5 aromatic heterocycles. The van der Waals surface area contributed by atoms with E-state index in [1.165, 1.54) is 86.3 Å². The van der Waals surface area contributed by atoms with E-state index in [-0.39, 0.29) is 61.6 Å². The van der Waals surface area contributed by atoms with Crippen LogP contribution in [0.5, 0.6) is 0 Å². The number of benzene rings is 5. The van der Waals surface area contributed by atoms with Gasteiger partial charge in [-0.2, -0.15) is 0 Å². The summed E-state index contributed by atoms with van der Waals surface area (Å²) in [6.07, 6.45) is 2.36. The molecule has 0 spiro atoms. The second kappa shape index (κ2) is 13.5. The largest absolute Gasteiger partial charge is 0.444 e. The Bertz CT molecular complexity index is 3550. The van der Waals surface area contributed by atoms with Crippen molar-refractivity contribution in [2.24, 2.45) is 0 Å². The second-order valence-electron chi connectivity index (χ2n) is 15.1. The number of ether oxygens (including phenoxy) is 1. The molecule has 304 valence electrons. The molecule has 2 aliphatic carbocycles. The van der Waals surface area contributed by atoms with Gasteiger partial charge in [-0.15, -0.1) is 45.3 Å². The van der Waals surface area contributed by atoms with Gasteiger partial charge in [0, 0.05) is 41.4 Å². The fourth-order valence-corrected chi connectivity index (χ4v) is 13.7. The van der Waals surface area contributed by atoms with Crippen molar-refractivity contribution in [3.8, 4) is 0 Å². The lowest BCUT2D eigenvalue weighted by molar-refractivity contribution is 0.0975. The topological polar surface area (TPSA) is 99.5 Å². The zero-order chi connectivity index (χ0) is 43.2. The summed E-state index contributed by atoms with van der Waals surface area (Å²) in [5.74, 6) is -6.40. The fraction of sp³-hybridized carbons (Fsp3) is 0.0208. The quantitative estimate of drug-likeness (QED) is 0.0991. The zero-order valence-electron chi connectivity index (χ0n) is 31.6. The highest BCUT2D eigenvalue weighted by molar-refractivity contribution is 7.39. The Kier molecular flexibility index (Phi) is 8.13. The van der Waals surface area contributed by atoms with Crippen LogP contribution in [0.1, 0.15) is 56.7 Å². The summed E-state index contributed by atoms with van der Waals surface area (Å²) in [6.45, 7) is -0.0108. The van der Waals surface area contributed by atoms with E-state index in [9.17, 15) is 41.5 Å². The van der Waals surface area contributed by atoms with Crippen LogP contribution in [0, 0.1) is 23.3 Å². The molecule has 0 radical (unpaired) electrons. The standard InChI is InChI=1S/C48H19F4NO6S4/c49-32-10-20-6-26-27(7-21(20)11-33(32)50)41(55)30(40(26)54)14-24-16-36-44(60-24)38-46(62-36)47-39(53(38)48(58)59-18-19-4-2-1-3-5-19)45-37(63-47)17-25(61-45)15-31-42(56)28-8-22-12-34(51)35(52)13-23(22)9-29(28)43(31)57/h1-17H,18H2. The first kappa shape index (κ1) is 37.8. The van der Waals surface area contributed by atoms with Crippen LogP contribution in [-0.4, -0.2) is 33.8 Å². The Morgan fingerprint density at radius 1 is 0.508 bits per heavy atom. The van der Waals surface area contributed by atoms with Gasteiger partial charge in [0.15, 0.2) is 46.4 Å². The molecule has 5 aromatic carbocycles. The number of hydrogen-bond donors (Lipinski definition) is 0. The SMILES string of the molecule is O=C1C(=Cc2cc3sc4c5sc6cc(C=C7C(=O)c8cc9cc(F)c(F)cc9cc8C7=O)sc6c5n(C(=O)OCc5ccccc5)c4c3s2)C(=O)c2cc3cc(F)c(F)cc3cc21. The number of allylic oxidation sites excluding steroid dienone is 2. The van der Waals surface area contributed by atoms with Gasteiger partial charge in [0.2, 0.25) is 0 Å². The summed E-state index contributed by atoms with van der Waals surface area (Å²) in [7, 11) is 0. The molecule has 0 saturated heterocycles. The third kappa shape index (κ3) is 5.63. The van der Waals surface area contributed by atoms with E-state index >= 15 is 0 Å². The summed E-state index contributed by atoms with van der Waals surface area (Å²) in [5, 5.41) is 1.15. The third-order valence-electron chi connectivity index (χ3n) is 11.3. The highest BCUT2D eigenvalue weighted by Gasteiger charge is 2.36. The van der Waals surface area contributed by atoms with Crippen molar-refractivity contribution < 1.29 is 46.3 Å². The van der Waals surface area contributed by atoms with E-state index < -0.39 is 52.5 Å². The van der Waals surface area contributed by atoms with Crippen molar-refractivity contribution >= 4 is 148 Å². The maximum Gasteiger partial charge on any atom is 0.419 e. The summed E-state index contributed by atoms with van der Waals surface area (Å²) >= 11 is 5.45. The highest BCUT2D eigenvalue weighted by atomic mass is 32.1. The molecule has 10 aromatic rings. The van der Waals surface area contributed by atoms with Gasteiger partial charge in [0.05, 0.1) is 41.0 Å². The molecule has 2 aliphatic rings. The molecule has 15 heteroatoms. The van der Waals surface area contributed by atoms with Crippen LogP contribution in [0.2, 0.25) is 0 Å². The minimum absolute atomic E-state index is 0.0108. The first-order valence-corrected chi connectivity index (χ1v) is 22.3. The molecule has 0 N–H and O–H groups in total. The van der Waals surface area contributed by atoms with Gasteiger partial charge >= 0.3 is 6.09 Å². The number of carbonyl (C=O) groups excluding carboxylic acids is 5. The lowest BCUT2D eigenvalue weighted by Crippen LogP contribution is -2.13. The Morgan fingerprint density at radius 3 is 1.27 bits per heavy atom. The van der Waals surface area contributed by atoms with Crippen molar-refractivity contribution in [1.29, 1.82) is 0 Å². The van der Waals surface area contributed by atoms with Crippen molar-refractivity contribution in [3.63, 3.8) is 0 Å². The molecule has 0 aliphatic heterocycles. The molecule has 5 heterocycles. The van der Waals surface area contributed by atoms with Gasteiger partial charge in [-0.25, -0.2) is 26.9 Å². The van der Waals surface area contributed by atoms with Crippen LogP contribution in [0.25, 0.3) is 72.9 Å². The Morgan fingerprint density at radius 2 is 0.889 bits per heavy atom. The van der Waals surface area contributed by atoms with Gasteiger partial charge < -0.3 is 4.74 Å². The van der Waals surface area contributed by atoms with E-state index in [1.807, 2.05) is 42.5 Å². The molecule has 0 atom stereocenters. The summed E-state index contributed by atoms with van der Waals surface area (Å²) in [6, 6.07) is 22.4. The molecule has 12 rings (SSSR count). The van der Waals surface area contributed by atoms with Crippen LogP contribution in [0.4, 0.5) is 22.4 Å². The van der Waals surface area contributed by atoms with Crippen molar-refractivity contribution in [2.45, 2.75) is 6.61 Å². The maximum atomic E-state index is 14.3. The molecule has 0 saturated carbocycles. The van der Waals surface area contributed by atoms with Gasteiger partial charge in [0.25, 0.3) is 0 Å². The fourth-order valence-electron chi connectivity index (χ4n) is 8.40. The minimum atomic E-state index is -1.07. The number of nitrogens with zero attached hydrogens (tertiary/aromatic N) is 1. The average Bonchev–Trinajstić information content (AvgIpc) is 4.12. The van der Waals surface area contributed by atoms with E-state index in [4.69, 9.17) is 4.74 Å². The zero-order valence-corrected chi connectivity index (χ0v) is 34.8. The van der Waals surface area contributed by atoms with Gasteiger partial charge in [-0.1, -0.05) is 30.3 Å².